The molecule has 3 aromatic rings. The maximum Gasteiger partial charge on any atom is 0.238 e. The van der Waals surface area contributed by atoms with Crippen LogP contribution in [0.5, 0.6) is 0 Å². The van der Waals surface area contributed by atoms with Crippen LogP contribution in [-0.4, -0.2) is 16.3 Å². The maximum atomic E-state index is 12.2. The number of benzene rings is 2. The lowest BCUT2D eigenvalue weighted by Gasteiger charge is -2.11. The van der Waals surface area contributed by atoms with Gasteiger partial charge in [-0.25, -0.2) is 0 Å². The Hall–Kier alpha value is -2.27. The number of aryl methyl sites for hydroxylation is 1. The highest BCUT2D eigenvalue weighted by atomic mass is 32.2. The van der Waals surface area contributed by atoms with Gasteiger partial charge in [-0.2, -0.15) is 0 Å². The molecule has 1 heterocycles. The minimum Gasteiger partial charge on any atom is -0.360 e. The van der Waals surface area contributed by atoms with E-state index in [4.69, 9.17) is 4.52 Å². The molecule has 2 aromatic carbocycles. The van der Waals surface area contributed by atoms with Crippen LogP contribution in [0.3, 0.4) is 0 Å². The fourth-order valence-corrected chi connectivity index (χ4v) is 3.07. The lowest BCUT2D eigenvalue weighted by molar-refractivity contribution is -0.115. The summed E-state index contributed by atoms with van der Waals surface area (Å²) >= 11 is 1.52. The third-order valence-electron chi connectivity index (χ3n) is 3.28. The molecule has 0 aliphatic heterocycles. The van der Waals surface area contributed by atoms with Crippen LogP contribution < -0.4 is 5.32 Å². The van der Waals surface area contributed by atoms with Gasteiger partial charge in [0.2, 0.25) is 5.91 Å². The fourth-order valence-electron chi connectivity index (χ4n) is 2.15. The lowest BCUT2D eigenvalue weighted by atomic mass is 10.1. The molecule has 112 valence electrons. The Labute approximate surface area is 132 Å². The average Bonchev–Trinajstić information content (AvgIpc) is 2.92. The Kier molecular flexibility index (Phi) is 4.15. The largest absolute Gasteiger partial charge is 0.360 e. The zero-order chi connectivity index (χ0) is 15.5. The number of fused-ring (bicyclic) bond motifs is 1. The smallest absolute Gasteiger partial charge is 0.238 e. The molecular weight excluding hydrogens is 296 g/mol. The van der Waals surface area contributed by atoms with Crippen molar-refractivity contribution in [3.8, 4) is 0 Å². The molecule has 5 heteroatoms. The molecule has 0 aliphatic rings. The Morgan fingerprint density at radius 1 is 1.18 bits per heavy atom. The molecule has 0 saturated carbocycles. The van der Waals surface area contributed by atoms with Crippen molar-refractivity contribution in [2.45, 2.75) is 24.0 Å². The number of nitrogens with one attached hydrogen (secondary N) is 1. The van der Waals surface area contributed by atoms with Gasteiger partial charge in [0.25, 0.3) is 0 Å². The average molecular weight is 312 g/mol. The summed E-state index contributed by atoms with van der Waals surface area (Å²) in [5, 5.41) is 8.67. The molecule has 1 N–H and O–H groups in total. The molecule has 1 aromatic heterocycles. The molecular formula is C17H16N2O2S. The van der Waals surface area contributed by atoms with Crippen LogP contribution in [0.15, 0.2) is 57.9 Å². The van der Waals surface area contributed by atoms with Gasteiger partial charge in [0.1, 0.15) is 5.76 Å². The number of rotatable bonds is 4. The summed E-state index contributed by atoms with van der Waals surface area (Å²) in [7, 11) is 0. The number of carbonyl (C=O) groups is 1. The number of hydrogen-bond donors (Lipinski definition) is 1. The minimum atomic E-state index is -0.224. The first-order valence-corrected chi connectivity index (χ1v) is 7.89. The summed E-state index contributed by atoms with van der Waals surface area (Å²) < 4.78 is 4.94. The van der Waals surface area contributed by atoms with Crippen LogP contribution in [-0.2, 0) is 4.79 Å². The third kappa shape index (κ3) is 3.31. The Bertz CT molecular complexity index is 813. The number of anilines is 1. The molecule has 0 saturated heterocycles. The van der Waals surface area contributed by atoms with Gasteiger partial charge in [-0.15, -0.1) is 11.8 Å². The molecule has 4 nitrogen and oxygen atoms in total. The first kappa shape index (κ1) is 14.7. The van der Waals surface area contributed by atoms with E-state index in [1.165, 1.54) is 22.5 Å². The van der Waals surface area contributed by atoms with E-state index in [9.17, 15) is 4.79 Å². The normalized spacial score (nSPS) is 12.3. The van der Waals surface area contributed by atoms with Crippen molar-refractivity contribution in [3.05, 3.63) is 54.3 Å². The predicted octanol–water partition coefficient (Wildman–Crippen LogP) is 4.26. The van der Waals surface area contributed by atoms with Crippen molar-refractivity contribution in [2.24, 2.45) is 0 Å². The van der Waals surface area contributed by atoms with Crippen molar-refractivity contribution in [1.29, 1.82) is 0 Å². The van der Waals surface area contributed by atoms with Gasteiger partial charge in [0, 0.05) is 11.0 Å². The van der Waals surface area contributed by atoms with E-state index in [2.05, 4.69) is 34.7 Å². The van der Waals surface area contributed by atoms with E-state index in [0.29, 0.717) is 11.6 Å². The summed E-state index contributed by atoms with van der Waals surface area (Å²) in [5.41, 5.74) is 0. The van der Waals surface area contributed by atoms with Crippen LogP contribution in [0.4, 0.5) is 5.82 Å². The SMILES string of the molecule is Cc1cc(NC(=O)[C@@H](C)Sc2ccc3ccccc3c2)no1. The number of aromatic nitrogens is 1. The van der Waals surface area contributed by atoms with E-state index in [1.807, 2.05) is 25.1 Å². The minimum absolute atomic E-state index is 0.0912. The Morgan fingerprint density at radius 2 is 1.95 bits per heavy atom. The van der Waals surface area contributed by atoms with Crippen molar-refractivity contribution >= 4 is 34.3 Å². The van der Waals surface area contributed by atoms with Crippen LogP contribution in [0, 0.1) is 6.92 Å². The second kappa shape index (κ2) is 6.23. The molecule has 0 radical (unpaired) electrons. The third-order valence-corrected chi connectivity index (χ3v) is 4.38. The van der Waals surface area contributed by atoms with E-state index in [0.717, 1.165) is 4.90 Å². The van der Waals surface area contributed by atoms with Crippen LogP contribution >= 0.6 is 11.8 Å². The van der Waals surface area contributed by atoms with Gasteiger partial charge < -0.3 is 9.84 Å². The molecule has 22 heavy (non-hydrogen) atoms. The molecule has 3 rings (SSSR count). The zero-order valence-electron chi connectivity index (χ0n) is 12.4. The quantitative estimate of drug-likeness (QED) is 0.732. The second-order valence-corrected chi connectivity index (χ2v) is 6.50. The van der Waals surface area contributed by atoms with Crippen molar-refractivity contribution in [3.63, 3.8) is 0 Å². The highest BCUT2D eigenvalue weighted by Gasteiger charge is 2.16. The second-order valence-electron chi connectivity index (χ2n) is 5.08. The first-order valence-electron chi connectivity index (χ1n) is 7.01. The predicted molar refractivity (Wildman–Crippen MR) is 89.1 cm³/mol. The first-order chi connectivity index (χ1) is 10.6. The van der Waals surface area contributed by atoms with Crippen molar-refractivity contribution in [1.82, 2.24) is 5.16 Å². The van der Waals surface area contributed by atoms with Gasteiger partial charge >= 0.3 is 0 Å². The maximum absolute atomic E-state index is 12.2. The summed E-state index contributed by atoms with van der Waals surface area (Å²) in [6, 6.07) is 16.1. The van der Waals surface area contributed by atoms with E-state index < -0.39 is 0 Å². The van der Waals surface area contributed by atoms with Gasteiger partial charge in [-0.3, -0.25) is 4.79 Å². The van der Waals surface area contributed by atoms with E-state index >= 15 is 0 Å². The number of carbonyl (C=O) groups excluding carboxylic acids is 1. The van der Waals surface area contributed by atoms with Crippen LogP contribution in [0.2, 0.25) is 0 Å². The number of nitrogens with zero attached hydrogens (tertiary/aromatic N) is 1. The molecule has 0 aliphatic carbocycles. The molecule has 0 bridgehead atoms. The number of hydrogen-bond acceptors (Lipinski definition) is 4. The van der Waals surface area contributed by atoms with Crippen LogP contribution in [0.25, 0.3) is 10.8 Å². The van der Waals surface area contributed by atoms with Crippen molar-refractivity contribution in [2.75, 3.05) is 5.32 Å². The summed E-state index contributed by atoms with van der Waals surface area (Å²) in [4.78, 5) is 13.2. The van der Waals surface area contributed by atoms with E-state index in [1.54, 1.807) is 13.0 Å². The Balaban J connectivity index is 1.69. The number of thioether (sulfide) groups is 1. The van der Waals surface area contributed by atoms with E-state index in [-0.39, 0.29) is 11.2 Å². The molecule has 0 spiro atoms. The molecule has 1 amide bonds. The number of amides is 1. The standard InChI is InChI=1S/C17H16N2O2S/c1-11-9-16(19-21-11)18-17(20)12(2)22-15-8-7-13-5-3-4-6-14(13)10-15/h3-10,12H,1-2H3,(H,18,19,20)/t12-/m1/s1. The summed E-state index contributed by atoms with van der Waals surface area (Å²) in [6.45, 7) is 3.66. The highest BCUT2D eigenvalue weighted by molar-refractivity contribution is 8.00. The molecule has 0 fully saturated rings. The summed E-state index contributed by atoms with van der Waals surface area (Å²) in [6.07, 6.45) is 0. The zero-order valence-corrected chi connectivity index (χ0v) is 13.2. The lowest BCUT2D eigenvalue weighted by Crippen LogP contribution is -2.22. The monoisotopic (exact) mass is 312 g/mol. The van der Waals surface area contributed by atoms with Crippen LogP contribution in [0.1, 0.15) is 12.7 Å². The van der Waals surface area contributed by atoms with Gasteiger partial charge in [0.05, 0.1) is 5.25 Å². The van der Waals surface area contributed by atoms with Gasteiger partial charge in [-0.1, -0.05) is 35.5 Å². The fraction of sp³-hybridized carbons (Fsp3) is 0.176. The van der Waals surface area contributed by atoms with Crippen molar-refractivity contribution < 1.29 is 9.32 Å². The Morgan fingerprint density at radius 3 is 2.68 bits per heavy atom. The molecule has 0 unspecified atom stereocenters. The highest BCUT2D eigenvalue weighted by Crippen LogP contribution is 2.27. The van der Waals surface area contributed by atoms with Gasteiger partial charge in [-0.05, 0) is 36.8 Å². The molecule has 1 atom stereocenters. The summed E-state index contributed by atoms with van der Waals surface area (Å²) in [5.74, 6) is 1.03. The topological polar surface area (TPSA) is 55.1 Å². The van der Waals surface area contributed by atoms with Gasteiger partial charge in [0.15, 0.2) is 5.82 Å².